The fraction of sp³-hybridized carbons (Fsp3) is 0.562. The standard InChI is InChI=1S/C16H25N3O2/c1-2-13-5-7-14(8-6-13)19-16(17)18-9-11-20-12-15-4-3-10-21-15/h5-8,15H,2-4,9-12H2,1H3,(H3,17,18,19). The van der Waals surface area contributed by atoms with Gasteiger partial charge in [-0.25, -0.2) is 0 Å². The maximum atomic E-state index is 5.84. The maximum Gasteiger partial charge on any atom is 0.193 e. The first-order valence-electron chi connectivity index (χ1n) is 7.63. The molecule has 0 aromatic heterocycles. The monoisotopic (exact) mass is 291 g/mol. The van der Waals surface area contributed by atoms with Crippen LogP contribution in [0.25, 0.3) is 0 Å². The first kappa shape index (κ1) is 15.8. The van der Waals surface area contributed by atoms with Gasteiger partial charge in [0.1, 0.15) is 0 Å². The van der Waals surface area contributed by atoms with Gasteiger partial charge in [-0.05, 0) is 37.0 Å². The Hall–Kier alpha value is -1.59. The molecule has 0 radical (unpaired) electrons. The Kier molecular flexibility index (Phi) is 6.50. The smallest absolute Gasteiger partial charge is 0.193 e. The van der Waals surface area contributed by atoms with Gasteiger partial charge in [-0.2, -0.15) is 0 Å². The van der Waals surface area contributed by atoms with Crippen molar-refractivity contribution >= 4 is 11.6 Å². The van der Waals surface area contributed by atoms with Gasteiger partial charge in [0, 0.05) is 12.3 Å². The lowest BCUT2D eigenvalue weighted by molar-refractivity contribution is 0.0200. The second-order valence-electron chi connectivity index (χ2n) is 5.15. The Bertz CT molecular complexity index is 439. The predicted octanol–water partition coefficient (Wildman–Crippen LogP) is 2.17. The van der Waals surface area contributed by atoms with Crippen LogP contribution < -0.4 is 11.1 Å². The number of nitrogens with two attached hydrogens (primary N) is 1. The minimum Gasteiger partial charge on any atom is -0.377 e. The highest BCUT2D eigenvalue weighted by Crippen LogP contribution is 2.12. The van der Waals surface area contributed by atoms with E-state index in [1.54, 1.807) is 0 Å². The number of hydrogen-bond acceptors (Lipinski definition) is 3. The summed E-state index contributed by atoms with van der Waals surface area (Å²) in [6, 6.07) is 8.19. The van der Waals surface area contributed by atoms with E-state index < -0.39 is 0 Å². The zero-order valence-electron chi connectivity index (χ0n) is 12.7. The van der Waals surface area contributed by atoms with Crippen LogP contribution in [0.5, 0.6) is 0 Å². The third-order valence-electron chi connectivity index (χ3n) is 3.48. The van der Waals surface area contributed by atoms with Gasteiger partial charge in [-0.3, -0.25) is 4.99 Å². The molecular weight excluding hydrogens is 266 g/mol. The topological polar surface area (TPSA) is 68.9 Å². The normalized spacial score (nSPS) is 18.9. The Morgan fingerprint density at radius 3 is 2.90 bits per heavy atom. The van der Waals surface area contributed by atoms with Crippen LogP contribution in [0.2, 0.25) is 0 Å². The van der Waals surface area contributed by atoms with Crippen LogP contribution in [0.4, 0.5) is 5.69 Å². The highest BCUT2D eigenvalue weighted by Gasteiger charge is 2.14. The SMILES string of the molecule is CCc1ccc(NC(N)=NCCOCC2CCCO2)cc1. The van der Waals surface area contributed by atoms with E-state index in [0.29, 0.717) is 25.7 Å². The van der Waals surface area contributed by atoms with Crippen LogP contribution in [0, 0.1) is 0 Å². The molecular formula is C16H25N3O2. The fourth-order valence-electron chi connectivity index (χ4n) is 2.23. The van der Waals surface area contributed by atoms with Gasteiger partial charge in [0.25, 0.3) is 0 Å². The van der Waals surface area contributed by atoms with Crippen LogP contribution >= 0.6 is 0 Å². The Morgan fingerprint density at radius 2 is 2.24 bits per heavy atom. The molecule has 1 aromatic carbocycles. The molecule has 1 atom stereocenters. The molecule has 0 spiro atoms. The third kappa shape index (κ3) is 5.73. The molecule has 0 amide bonds. The van der Waals surface area contributed by atoms with E-state index in [2.05, 4.69) is 29.4 Å². The number of aryl methyl sites for hydroxylation is 1. The number of aliphatic imine (C=N–C) groups is 1. The zero-order valence-corrected chi connectivity index (χ0v) is 12.7. The Balaban J connectivity index is 1.63. The number of nitrogens with one attached hydrogen (secondary N) is 1. The summed E-state index contributed by atoms with van der Waals surface area (Å²) < 4.78 is 11.0. The number of benzene rings is 1. The van der Waals surface area contributed by atoms with Crippen molar-refractivity contribution in [1.29, 1.82) is 0 Å². The molecule has 1 fully saturated rings. The minimum atomic E-state index is 0.265. The molecule has 1 saturated heterocycles. The number of ether oxygens (including phenoxy) is 2. The summed E-state index contributed by atoms with van der Waals surface area (Å²) in [7, 11) is 0. The predicted molar refractivity (Wildman–Crippen MR) is 85.7 cm³/mol. The molecule has 1 aliphatic heterocycles. The number of hydrogen-bond donors (Lipinski definition) is 2. The quantitative estimate of drug-likeness (QED) is 0.459. The lowest BCUT2D eigenvalue weighted by atomic mass is 10.1. The summed E-state index contributed by atoms with van der Waals surface area (Å²) in [5.74, 6) is 0.417. The zero-order chi connectivity index (χ0) is 14.9. The second kappa shape index (κ2) is 8.64. The van der Waals surface area contributed by atoms with Crippen LogP contribution in [-0.2, 0) is 15.9 Å². The molecule has 21 heavy (non-hydrogen) atoms. The summed E-state index contributed by atoms with van der Waals surface area (Å²) in [6.45, 7) is 4.77. The number of guanidine groups is 1. The molecule has 0 bridgehead atoms. The number of nitrogens with zero attached hydrogens (tertiary/aromatic N) is 1. The van der Waals surface area contributed by atoms with Crippen molar-refractivity contribution in [1.82, 2.24) is 0 Å². The first-order valence-corrected chi connectivity index (χ1v) is 7.63. The summed E-state index contributed by atoms with van der Waals surface area (Å²) in [4.78, 5) is 4.24. The summed E-state index contributed by atoms with van der Waals surface area (Å²) in [5.41, 5.74) is 8.10. The lowest BCUT2D eigenvalue weighted by Gasteiger charge is -2.09. The van der Waals surface area contributed by atoms with Gasteiger partial charge in [-0.15, -0.1) is 0 Å². The number of anilines is 1. The molecule has 5 heteroatoms. The first-order chi connectivity index (χ1) is 10.3. The van der Waals surface area contributed by atoms with Crippen molar-refractivity contribution in [2.45, 2.75) is 32.3 Å². The molecule has 0 aliphatic carbocycles. The van der Waals surface area contributed by atoms with E-state index in [0.717, 1.165) is 31.6 Å². The second-order valence-corrected chi connectivity index (χ2v) is 5.15. The van der Waals surface area contributed by atoms with Gasteiger partial charge in [-0.1, -0.05) is 19.1 Å². The van der Waals surface area contributed by atoms with Gasteiger partial charge < -0.3 is 20.5 Å². The van der Waals surface area contributed by atoms with Gasteiger partial charge in [0.05, 0.1) is 25.9 Å². The van der Waals surface area contributed by atoms with E-state index in [1.807, 2.05) is 12.1 Å². The summed E-state index contributed by atoms with van der Waals surface area (Å²) in [6.07, 6.45) is 3.54. The highest BCUT2D eigenvalue weighted by atomic mass is 16.5. The van der Waals surface area contributed by atoms with Crippen molar-refractivity contribution in [3.63, 3.8) is 0 Å². The molecule has 2 rings (SSSR count). The molecule has 1 heterocycles. The molecule has 0 saturated carbocycles. The molecule has 1 unspecified atom stereocenters. The average Bonchev–Trinajstić information content (AvgIpc) is 3.01. The largest absolute Gasteiger partial charge is 0.377 e. The molecule has 1 aliphatic rings. The highest BCUT2D eigenvalue weighted by molar-refractivity contribution is 5.92. The van der Waals surface area contributed by atoms with E-state index in [1.165, 1.54) is 5.56 Å². The lowest BCUT2D eigenvalue weighted by Crippen LogP contribution is -2.23. The van der Waals surface area contributed by atoms with Gasteiger partial charge >= 0.3 is 0 Å². The maximum absolute atomic E-state index is 5.84. The van der Waals surface area contributed by atoms with Crippen molar-refractivity contribution < 1.29 is 9.47 Å². The van der Waals surface area contributed by atoms with E-state index in [9.17, 15) is 0 Å². The van der Waals surface area contributed by atoms with Crippen LogP contribution in [0.3, 0.4) is 0 Å². The van der Waals surface area contributed by atoms with E-state index in [-0.39, 0.29) is 6.10 Å². The molecule has 1 aromatic rings. The fourth-order valence-corrected chi connectivity index (χ4v) is 2.23. The van der Waals surface area contributed by atoms with Crippen LogP contribution in [0.15, 0.2) is 29.3 Å². The van der Waals surface area contributed by atoms with E-state index in [4.69, 9.17) is 15.2 Å². The van der Waals surface area contributed by atoms with Crippen LogP contribution in [0.1, 0.15) is 25.3 Å². The Labute approximate surface area is 126 Å². The minimum absolute atomic E-state index is 0.265. The molecule has 5 nitrogen and oxygen atoms in total. The summed E-state index contributed by atoms with van der Waals surface area (Å²) >= 11 is 0. The number of rotatable bonds is 7. The average molecular weight is 291 g/mol. The molecule has 3 N–H and O–H groups in total. The van der Waals surface area contributed by atoms with Crippen molar-refractivity contribution in [2.24, 2.45) is 10.7 Å². The van der Waals surface area contributed by atoms with Crippen LogP contribution in [-0.4, -0.2) is 38.4 Å². The van der Waals surface area contributed by atoms with Crippen molar-refractivity contribution in [3.8, 4) is 0 Å². The van der Waals surface area contributed by atoms with Gasteiger partial charge in [0.2, 0.25) is 0 Å². The molecule has 116 valence electrons. The van der Waals surface area contributed by atoms with Gasteiger partial charge in [0.15, 0.2) is 5.96 Å². The van der Waals surface area contributed by atoms with Crippen molar-refractivity contribution in [3.05, 3.63) is 29.8 Å². The third-order valence-corrected chi connectivity index (χ3v) is 3.48. The summed E-state index contributed by atoms with van der Waals surface area (Å²) in [5, 5.41) is 3.07. The van der Waals surface area contributed by atoms with E-state index >= 15 is 0 Å². The van der Waals surface area contributed by atoms with Crippen molar-refractivity contribution in [2.75, 3.05) is 31.7 Å². The Morgan fingerprint density at radius 1 is 1.43 bits per heavy atom.